The molecule has 1 saturated carbocycles. The van der Waals surface area contributed by atoms with Crippen LogP contribution in [0.4, 0.5) is 22.0 Å². The molecule has 15 rings (SSSR count). The summed E-state index contributed by atoms with van der Waals surface area (Å²) in [5, 5.41) is 4.41. The number of fused-ring (bicyclic) bond motifs is 4. The Bertz CT molecular complexity index is 4790. The van der Waals surface area contributed by atoms with E-state index < -0.39 is 42.8 Å². The van der Waals surface area contributed by atoms with Crippen LogP contribution in [0.25, 0.3) is 21.5 Å². The summed E-state index contributed by atoms with van der Waals surface area (Å²) in [4.78, 5) is 37.1. The maximum atomic E-state index is 14.4. The molecule has 112 heavy (non-hydrogen) atoms. The summed E-state index contributed by atoms with van der Waals surface area (Å²) in [7, 11) is 0. The predicted octanol–water partition coefficient (Wildman–Crippen LogP) is 27.3. The molecule has 6 unspecified atom stereocenters. The Labute approximate surface area is 659 Å². The van der Waals surface area contributed by atoms with Gasteiger partial charge in [-0.25, -0.2) is 26.9 Å². The van der Waals surface area contributed by atoms with Gasteiger partial charge >= 0.3 is 0 Å². The van der Waals surface area contributed by atoms with E-state index in [9.17, 15) is 36.3 Å². The van der Waals surface area contributed by atoms with E-state index in [1.165, 1.54) is 46.9 Å². The van der Waals surface area contributed by atoms with Crippen LogP contribution in [0.1, 0.15) is 213 Å². The Balaban J connectivity index is 0.000000162. The molecular formula is C100H104F5NO6. The molecule has 580 valence electrons. The number of halogens is 5. The van der Waals surface area contributed by atoms with E-state index in [0.717, 1.165) is 81.5 Å². The highest BCUT2D eigenvalue weighted by atomic mass is 19.2. The minimum Gasteiger partial charge on any atom is -0.493 e. The fourth-order valence-electron chi connectivity index (χ4n) is 12.9. The summed E-state index contributed by atoms with van der Waals surface area (Å²) in [5.41, 5.74) is 7.92. The SMILES string of the molecule is C#CCC(F)c1cccc2ccccc12.CC(C)Cc1ccc(C(C)F)cc1.CC(C)c1cccc(C(=O)c2ccccc2)c1.CC1COc2ccccc2O1.CCCC(F)c1ccccc1.CCOc1cccc2ccccc12.FC(c1ccccc1)C1CCCC1.O=C1c2ccccc2C(=O)N1C(F)c1ccccc1. The van der Waals surface area contributed by atoms with Crippen molar-refractivity contribution in [2.24, 2.45) is 11.8 Å². The molecule has 6 atom stereocenters. The minimum atomic E-state index is -1.76. The van der Waals surface area contributed by atoms with Crippen LogP contribution < -0.4 is 14.2 Å². The topological polar surface area (TPSA) is 82.1 Å². The molecule has 1 fully saturated rings. The van der Waals surface area contributed by atoms with Gasteiger partial charge in [0.2, 0.25) is 6.30 Å². The number of carbonyl (C=O) groups excluding carboxylic acids is 3. The second-order valence-electron chi connectivity index (χ2n) is 28.3. The summed E-state index contributed by atoms with van der Waals surface area (Å²) in [6.45, 7) is 17.6. The summed E-state index contributed by atoms with van der Waals surface area (Å²) in [5.74, 6) is 5.34. The first kappa shape index (κ1) is 86.2. The monoisotopic (exact) mass is 1510 g/mol. The van der Waals surface area contributed by atoms with Crippen LogP contribution in [0, 0.1) is 24.2 Å². The molecule has 12 aromatic carbocycles. The lowest BCUT2D eigenvalue weighted by Crippen LogP contribution is -2.31. The molecule has 1 aliphatic carbocycles. The van der Waals surface area contributed by atoms with Gasteiger partial charge in [0, 0.05) is 28.5 Å². The van der Waals surface area contributed by atoms with Gasteiger partial charge in [-0.2, -0.15) is 0 Å². The molecule has 2 heterocycles. The molecule has 12 aromatic rings. The Morgan fingerprint density at radius 3 is 1.55 bits per heavy atom. The highest BCUT2D eigenvalue weighted by Gasteiger charge is 2.40. The molecule has 0 saturated heterocycles. The number of hydrogen-bond donors (Lipinski definition) is 0. The summed E-state index contributed by atoms with van der Waals surface area (Å²) >= 11 is 0. The van der Waals surface area contributed by atoms with Crippen LogP contribution in [0.2, 0.25) is 0 Å². The van der Waals surface area contributed by atoms with Crippen molar-refractivity contribution >= 4 is 39.1 Å². The van der Waals surface area contributed by atoms with E-state index in [1.54, 1.807) is 55.5 Å². The van der Waals surface area contributed by atoms with E-state index in [4.69, 9.17) is 20.6 Å². The number of rotatable bonds is 17. The van der Waals surface area contributed by atoms with Crippen molar-refractivity contribution < 1.29 is 50.5 Å². The van der Waals surface area contributed by atoms with Crippen molar-refractivity contribution in [3.8, 4) is 29.6 Å². The number of terminal acetylenes is 1. The maximum Gasteiger partial charge on any atom is 0.264 e. The number of ketones is 1. The average Bonchev–Trinajstić information content (AvgIpc) is 1.62. The lowest BCUT2D eigenvalue weighted by molar-refractivity contribution is 0.0414. The second kappa shape index (κ2) is 45.7. The predicted molar refractivity (Wildman–Crippen MR) is 448 cm³/mol. The molecule has 0 bridgehead atoms. The third-order valence-corrected chi connectivity index (χ3v) is 18.9. The van der Waals surface area contributed by atoms with Crippen LogP contribution in [-0.4, -0.2) is 41.8 Å². The number of alkyl halides is 5. The van der Waals surface area contributed by atoms with Crippen molar-refractivity contribution in [3.05, 3.63) is 365 Å². The zero-order valence-electron chi connectivity index (χ0n) is 65.5. The molecule has 0 spiro atoms. The summed E-state index contributed by atoms with van der Waals surface area (Å²) < 4.78 is 84.4. The molecule has 2 amide bonds. The lowest BCUT2D eigenvalue weighted by atomic mass is 9.96. The van der Waals surface area contributed by atoms with Gasteiger partial charge in [-0.3, -0.25) is 14.4 Å². The summed E-state index contributed by atoms with van der Waals surface area (Å²) in [6.07, 6.45) is 7.38. The maximum absolute atomic E-state index is 14.4. The van der Waals surface area contributed by atoms with Crippen molar-refractivity contribution in [3.63, 3.8) is 0 Å². The van der Waals surface area contributed by atoms with Crippen molar-refractivity contribution in [2.45, 2.75) is 150 Å². The quantitative estimate of drug-likeness (QED) is 0.0297. The number of nitrogens with zero attached hydrogens (tertiary/aromatic N) is 1. The van der Waals surface area contributed by atoms with E-state index in [0.29, 0.717) is 41.9 Å². The first-order chi connectivity index (χ1) is 54.3. The Kier molecular flexibility index (Phi) is 35.1. The lowest BCUT2D eigenvalue weighted by Gasteiger charge is -2.23. The van der Waals surface area contributed by atoms with Crippen molar-refractivity contribution in [2.75, 3.05) is 13.2 Å². The molecule has 0 aromatic heterocycles. The number of carbonyl (C=O) groups is 3. The normalized spacial score (nSPS) is 14.3. The molecule has 2 aliphatic heterocycles. The highest BCUT2D eigenvalue weighted by Crippen LogP contribution is 2.39. The van der Waals surface area contributed by atoms with Crippen molar-refractivity contribution in [1.82, 2.24) is 4.90 Å². The summed E-state index contributed by atoms with van der Waals surface area (Å²) in [6, 6.07) is 94.0. The third-order valence-electron chi connectivity index (χ3n) is 18.9. The average molecular weight is 1510 g/mol. The zero-order chi connectivity index (χ0) is 80.2. The number of hydrogen-bond acceptors (Lipinski definition) is 6. The largest absolute Gasteiger partial charge is 0.493 e. The van der Waals surface area contributed by atoms with Crippen LogP contribution in [-0.2, 0) is 6.42 Å². The first-order valence-electron chi connectivity index (χ1n) is 38.8. The fourth-order valence-corrected chi connectivity index (χ4v) is 12.9. The Morgan fingerprint density at radius 1 is 0.509 bits per heavy atom. The van der Waals surface area contributed by atoms with Crippen LogP contribution in [0.5, 0.6) is 17.2 Å². The van der Waals surface area contributed by atoms with Crippen LogP contribution in [0.15, 0.2) is 303 Å². The molecule has 3 aliphatic rings. The van der Waals surface area contributed by atoms with Crippen molar-refractivity contribution in [1.29, 1.82) is 0 Å². The second-order valence-corrected chi connectivity index (χ2v) is 28.3. The van der Waals surface area contributed by atoms with Gasteiger partial charge < -0.3 is 14.2 Å². The van der Waals surface area contributed by atoms with E-state index in [2.05, 4.69) is 57.9 Å². The van der Waals surface area contributed by atoms with Gasteiger partial charge in [-0.15, -0.1) is 12.3 Å². The number of imide groups is 1. The smallest absolute Gasteiger partial charge is 0.264 e. The molecule has 12 heteroatoms. The van der Waals surface area contributed by atoms with Gasteiger partial charge in [0.25, 0.3) is 11.8 Å². The third kappa shape index (κ3) is 26.1. The van der Waals surface area contributed by atoms with E-state index in [-0.39, 0.29) is 40.9 Å². The van der Waals surface area contributed by atoms with E-state index in [1.807, 2.05) is 239 Å². The zero-order valence-corrected chi connectivity index (χ0v) is 65.5. The molecular weight excluding hydrogens is 1410 g/mol. The van der Waals surface area contributed by atoms with E-state index >= 15 is 0 Å². The van der Waals surface area contributed by atoms with Gasteiger partial charge in [0.05, 0.1) is 17.7 Å². The fraction of sp³-hybridized carbons (Fsp3) is 0.270. The highest BCUT2D eigenvalue weighted by molar-refractivity contribution is 6.21. The minimum absolute atomic E-state index is 0.0908. The van der Waals surface area contributed by atoms with Gasteiger partial charge in [0.15, 0.2) is 17.3 Å². The van der Waals surface area contributed by atoms with Gasteiger partial charge in [0.1, 0.15) is 43.1 Å². The standard InChI is InChI=1S/C16H16O.C15H10FNO2.C14H11F.C12H15F.C12H17F.C12H12O.C10H13F.C9H10O2/c1-12(2)14-9-6-10-15(11-14)16(17)13-7-4-3-5-8-13;16-13(10-6-2-1-3-7-10)17-14(18)11-8-4-5-9-12(11)15(17)19;1-2-6-14(15)13-10-5-8-11-7-3-4-9-12(11)13;13-12(11-8-4-5-9-11)10-6-2-1-3-7-10;1-9(2)8-11-4-6-12(7-5-11)10(3)13;1-2-13-12-9-5-7-10-6-3-4-8-11(10)12;1-2-6-10(11)9-7-4-3-5-8-9;1-7-6-10-8-4-2-3-5-9(8)11-7/h3-12H,1-2H3;1-9,13H;1,3-5,7-10,14H,6H2;1-3,6-7,11-12H,4-5,8-9H2;4-7,9-10H,8H2,1-3H3;3-9H,2H2,1H3;3-5,7-8,10H,2,6H2,1H3;2-5,7H,6H2,1H3. The van der Waals surface area contributed by atoms with Crippen LogP contribution in [0.3, 0.4) is 0 Å². The number of ether oxygens (including phenoxy) is 3. The van der Waals surface area contributed by atoms with Crippen LogP contribution >= 0.6 is 0 Å². The van der Waals surface area contributed by atoms with Gasteiger partial charge in [-0.05, 0) is 150 Å². The number of para-hydroxylation sites is 2. The Hall–Kier alpha value is -11.4. The van der Waals surface area contributed by atoms with Gasteiger partial charge in [-0.1, -0.05) is 321 Å². The molecule has 7 nitrogen and oxygen atoms in total. The number of amides is 2. The first-order valence-corrected chi connectivity index (χ1v) is 38.8. The Morgan fingerprint density at radius 2 is 0.991 bits per heavy atom. The number of benzene rings is 12. The molecule has 0 N–H and O–H groups in total. The molecule has 0 radical (unpaired) electrons.